The average Bonchev–Trinajstić information content (AvgIpc) is 3.21. The standard InChI is InChI=1S/C25H20ClN3O2S/c1-14-23(15(2)30)24(20-12-28-21-6-4-3-5-18(20)21)19(11-27)25(29-14)32-13-22(31)16-7-9-17(26)10-8-16/h3-10,12,24,28-29H,13H2,1-2H3/t24-/m1/s1. The van der Waals surface area contributed by atoms with Crippen molar-refractivity contribution >= 4 is 45.8 Å². The number of dihydropyridines is 1. The Balaban J connectivity index is 1.73. The number of nitrogens with one attached hydrogen (secondary N) is 2. The SMILES string of the molecule is CC(=O)C1=C(C)NC(SCC(=O)c2ccc(Cl)cc2)=C(C#N)[C@@H]1c1c[nH]c2ccccc12. The van der Waals surface area contributed by atoms with Crippen molar-refractivity contribution < 1.29 is 9.59 Å². The smallest absolute Gasteiger partial charge is 0.173 e. The summed E-state index contributed by atoms with van der Waals surface area (Å²) in [5.74, 6) is -0.526. The Kier molecular flexibility index (Phi) is 6.22. The predicted molar refractivity (Wildman–Crippen MR) is 128 cm³/mol. The second kappa shape index (κ2) is 9.07. The zero-order valence-electron chi connectivity index (χ0n) is 17.5. The first kappa shape index (κ1) is 21.9. The third kappa shape index (κ3) is 4.10. The first-order valence-electron chi connectivity index (χ1n) is 10.0. The molecule has 0 spiro atoms. The first-order valence-corrected chi connectivity index (χ1v) is 11.4. The number of thioether (sulfide) groups is 1. The van der Waals surface area contributed by atoms with Crippen LogP contribution in [0.4, 0.5) is 0 Å². The van der Waals surface area contributed by atoms with Gasteiger partial charge in [0, 0.05) is 39.0 Å². The number of H-pyrrole nitrogens is 1. The summed E-state index contributed by atoms with van der Waals surface area (Å²) in [6, 6.07) is 16.8. The van der Waals surface area contributed by atoms with Gasteiger partial charge in [0.2, 0.25) is 0 Å². The van der Waals surface area contributed by atoms with E-state index in [1.165, 1.54) is 18.7 Å². The van der Waals surface area contributed by atoms with Gasteiger partial charge in [-0.1, -0.05) is 41.6 Å². The van der Waals surface area contributed by atoms with Crippen molar-refractivity contribution in [2.24, 2.45) is 0 Å². The summed E-state index contributed by atoms with van der Waals surface area (Å²) in [5, 5.41) is 15.4. The molecule has 0 bridgehead atoms. The van der Waals surface area contributed by atoms with Crippen LogP contribution >= 0.6 is 23.4 Å². The number of ketones is 2. The van der Waals surface area contributed by atoms with Gasteiger partial charge >= 0.3 is 0 Å². The lowest BCUT2D eigenvalue weighted by molar-refractivity contribution is -0.113. The highest BCUT2D eigenvalue weighted by atomic mass is 35.5. The zero-order chi connectivity index (χ0) is 22.8. The number of nitriles is 1. The van der Waals surface area contributed by atoms with E-state index in [1.807, 2.05) is 37.4 Å². The van der Waals surface area contributed by atoms with E-state index in [0.29, 0.717) is 32.5 Å². The number of carbonyl (C=O) groups excluding carboxylic acids is 2. The monoisotopic (exact) mass is 461 g/mol. The molecule has 160 valence electrons. The zero-order valence-corrected chi connectivity index (χ0v) is 19.1. The fourth-order valence-corrected chi connectivity index (χ4v) is 5.11. The van der Waals surface area contributed by atoms with Crippen LogP contribution in [0.1, 0.15) is 35.7 Å². The van der Waals surface area contributed by atoms with Gasteiger partial charge in [0.15, 0.2) is 11.6 Å². The molecular formula is C25H20ClN3O2S. The van der Waals surface area contributed by atoms with Gasteiger partial charge in [-0.15, -0.1) is 0 Å². The number of Topliss-reactive ketones (excluding diaryl/α,β-unsaturated/α-hetero) is 2. The lowest BCUT2D eigenvalue weighted by Gasteiger charge is -2.29. The van der Waals surface area contributed by atoms with Gasteiger partial charge in [-0.3, -0.25) is 9.59 Å². The van der Waals surface area contributed by atoms with Gasteiger partial charge in [0.1, 0.15) is 0 Å². The van der Waals surface area contributed by atoms with Gasteiger partial charge in [0.25, 0.3) is 0 Å². The third-order valence-electron chi connectivity index (χ3n) is 5.47. The molecule has 0 radical (unpaired) electrons. The lowest BCUT2D eigenvalue weighted by Crippen LogP contribution is -2.27. The van der Waals surface area contributed by atoms with Crippen molar-refractivity contribution in [3.63, 3.8) is 0 Å². The number of nitrogens with zero attached hydrogens (tertiary/aromatic N) is 1. The molecular weight excluding hydrogens is 442 g/mol. The van der Waals surface area contributed by atoms with E-state index in [2.05, 4.69) is 16.4 Å². The Labute approximate surface area is 195 Å². The van der Waals surface area contributed by atoms with Crippen molar-refractivity contribution in [3.8, 4) is 6.07 Å². The number of aromatic amines is 1. The second-order valence-corrected chi connectivity index (χ2v) is 8.94. The van der Waals surface area contributed by atoms with Gasteiger partial charge in [-0.05, 0) is 49.7 Å². The van der Waals surface area contributed by atoms with E-state index in [-0.39, 0.29) is 17.3 Å². The van der Waals surface area contributed by atoms with Crippen LogP contribution in [0.25, 0.3) is 10.9 Å². The Morgan fingerprint density at radius 3 is 2.56 bits per heavy atom. The summed E-state index contributed by atoms with van der Waals surface area (Å²) in [5.41, 5.74) is 4.03. The van der Waals surface area contributed by atoms with Crippen molar-refractivity contribution in [3.05, 3.63) is 92.7 Å². The fraction of sp³-hybridized carbons (Fsp3) is 0.160. The highest BCUT2D eigenvalue weighted by Crippen LogP contribution is 2.43. The van der Waals surface area contributed by atoms with Crippen LogP contribution in [-0.2, 0) is 4.79 Å². The molecule has 7 heteroatoms. The minimum absolute atomic E-state index is 0.0686. The van der Waals surface area contributed by atoms with Crippen LogP contribution < -0.4 is 5.32 Å². The van der Waals surface area contributed by atoms with Gasteiger partial charge in [-0.2, -0.15) is 5.26 Å². The average molecular weight is 462 g/mol. The number of hydrogen-bond acceptors (Lipinski definition) is 5. The van der Waals surface area contributed by atoms with E-state index in [4.69, 9.17) is 11.6 Å². The number of rotatable bonds is 6. The second-order valence-electron chi connectivity index (χ2n) is 7.52. The molecule has 1 aliphatic heterocycles. The summed E-state index contributed by atoms with van der Waals surface area (Å²) < 4.78 is 0. The molecule has 1 atom stereocenters. The normalized spacial score (nSPS) is 16.1. The summed E-state index contributed by atoms with van der Waals surface area (Å²) in [6.07, 6.45) is 1.86. The molecule has 0 amide bonds. The molecule has 0 unspecified atom stereocenters. The van der Waals surface area contributed by atoms with Gasteiger partial charge < -0.3 is 10.3 Å². The number of aromatic nitrogens is 1. The molecule has 2 heterocycles. The summed E-state index contributed by atoms with van der Waals surface area (Å²) >= 11 is 7.18. The summed E-state index contributed by atoms with van der Waals surface area (Å²) in [4.78, 5) is 28.5. The van der Waals surface area contributed by atoms with E-state index >= 15 is 0 Å². The summed E-state index contributed by atoms with van der Waals surface area (Å²) in [7, 11) is 0. The Morgan fingerprint density at radius 2 is 1.88 bits per heavy atom. The molecule has 0 aliphatic carbocycles. The van der Waals surface area contributed by atoms with Crippen molar-refractivity contribution in [1.82, 2.24) is 10.3 Å². The highest BCUT2D eigenvalue weighted by molar-refractivity contribution is 8.03. The molecule has 5 nitrogen and oxygen atoms in total. The predicted octanol–water partition coefficient (Wildman–Crippen LogP) is 5.72. The topological polar surface area (TPSA) is 85.8 Å². The maximum absolute atomic E-state index is 12.7. The highest BCUT2D eigenvalue weighted by Gasteiger charge is 2.34. The van der Waals surface area contributed by atoms with Crippen molar-refractivity contribution in [2.45, 2.75) is 19.8 Å². The molecule has 2 N–H and O–H groups in total. The number of halogens is 1. The molecule has 4 rings (SSSR count). The third-order valence-corrected chi connectivity index (χ3v) is 6.74. The number of hydrogen-bond donors (Lipinski definition) is 2. The lowest BCUT2D eigenvalue weighted by atomic mass is 9.81. The number of carbonyl (C=O) groups is 2. The fourth-order valence-electron chi connectivity index (χ4n) is 3.99. The Hall–Kier alpha value is -3.27. The molecule has 1 aromatic heterocycles. The van der Waals surface area contributed by atoms with Gasteiger partial charge in [-0.25, -0.2) is 0 Å². The molecule has 1 aliphatic rings. The van der Waals surface area contributed by atoms with Crippen LogP contribution in [0.2, 0.25) is 5.02 Å². The van der Waals surface area contributed by atoms with E-state index < -0.39 is 5.92 Å². The van der Waals surface area contributed by atoms with E-state index in [0.717, 1.165) is 16.5 Å². The number of benzene rings is 2. The van der Waals surface area contributed by atoms with E-state index in [1.54, 1.807) is 24.3 Å². The van der Waals surface area contributed by atoms with Crippen molar-refractivity contribution in [2.75, 3.05) is 5.75 Å². The first-order chi connectivity index (χ1) is 15.4. The molecule has 0 saturated carbocycles. The largest absolute Gasteiger partial charge is 0.361 e. The van der Waals surface area contributed by atoms with Crippen molar-refractivity contribution in [1.29, 1.82) is 5.26 Å². The number of para-hydroxylation sites is 1. The van der Waals surface area contributed by atoms with Crippen LogP contribution in [0.3, 0.4) is 0 Å². The number of fused-ring (bicyclic) bond motifs is 1. The Bertz CT molecular complexity index is 1330. The Morgan fingerprint density at radius 1 is 1.16 bits per heavy atom. The number of allylic oxidation sites excluding steroid dienone is 3. The quantitative estimate of drug-likeness (QED) is 0.458. The summed E-state index contributed by atoms with van der Waals surface area (Å²) in [6.45, 7) is 3.34. The minimum atomic E-state index is -0.511. The minimum Gasteiger partial charge on any atom is -0.361 e. The van der Waals surface area contributed by atoms with Crippen LogP contribution in [0.5, 0.6) is 0 Å². The van der Waals surface area contributed by atoms with Crippen LogP contribution in [-0.4, -0.2) is 22.3 Å². The molecule has 0 fully saturated rings. The molecule has 0 saturated heterocycles. The molecule has 3 aromatic rings. The van der Waals surface area contributed by atoms with E-state index in [9.17, 15) is 14.9 Å². The maximum Gasteiger partial charge on any atom is 0.173 e. The molecule has 2 aromatic carbocycles. The maximum atomic E-state index is 12.7. The molecule has 32 heavy (non-hydrogen) atoms. The van der Waals surface area contributed by atoms with Crippen LogP contribution in [0.15, 0.2) is 76.6 Å². The van der Waals surface area contributed by atoms with Crippen LogP contribution in [0, 0.1) is 11.3 Å². The van der Waals surface area contributed by atoms with Gasteiger partial charge in [0.05, 0.1) is 28.3 Å².